The van der Waals surface area contributed by atoms with E-state index in [0.29, 0.717) is 18.0 Å². The highest BCUT2D eigenvalue weighted by Gasteiger charge is 2.13. The number of nitrogens with zero attached hydrogens (tertiary/aromatic N) is 4. The number of likely N-dealkylation sites (N-methyl/N-ethyl adjacent to an activating group) is 1. The maximum Gasteiger partial charge on any atom is 0.270 e. The summed E-state index contributed by atoms with van der Waals surface area (Å²) in [6.45, 7) is 2.73. The normalized spacial score (nSPS) is 13.9. The van der Waals surface area contributed by atoms with Gasteiger partial charge < -0.3 is 9.64 Å². The Bertz CT molecular complexity index is 1050. The first-order valence-corrected chi connectivity index (χ1v) is 9.66. The van der Waals surface area contributed by atoms with Crippen LogP contribution >= 0.6 is 0 Å². The van der Waals surface area contributed by atoms with Crippen LogP contribution in [-0.2, 0) is 32.5 Å². The van der Waals surface area contributed by atoms with Gasteiger partial charge in [0.05, 0.1) is 18.1 Å². The molecular formula is C22H23FN4O2. The van der Waals surface area contributed by atoms with Crippen molar-refractivity contribution < 1.29 is 9.13 Å². The van der Waals surface area contributed by atoms with E-state index in [0.717, 1.165) is 32.1 Å². The molecule has 7 heteroatoms. The third-order valence-corrected chi connectivity index (χ3v) is 5.11. The number of hydrogen-bond donors (Lipinski definition) is 0. The number of hydrogen-bond acceptors (Lipinski definition) is 5. The van der Waals surface area contributed by atoms with Crippen LogP contribution in [0.2, 0.25) is 0 Å². The van der Waals surface area contributed by atoms with Gasteiger partial charge in [0.2, 0.25) is 0 Å². The average Bonchev–Trinajstić information content (AvgIpc) is 2.72. The molecule has 1 aromatic carbocycles. The smallest absolute Gasteiger partial charge is 0.270 e. The average molecular weight is 394 g/mol. The zero-order valence-electron chi connectivity index (χ0n) is 16.3. The van der Waals surface area contributed by atoms with Crippen molar-refractivity contribution in [2.45, 2.75) is 32.5 Å². The van der Waals surface area contributed by atoms with E-state index in [4.69, 9.17) is 4.74 Å². The lowest BCUT2D eigenvalue weighted by Gasteiger charge is -2.25. The Labute approximate surface area is 168 Å². The summed E-state index contributed by atoms with van der Waals surface area (Å²) in [5, 5.41) is 4.21. The van der Waals surface area contributed by atoms with Crippen molar-refractivity contribution in [3.63, 3.8) is 0 Å². The molecule has 0 bridgehead atoms. The highest BCUT2D eigenvalue weighted by atomic mass is 19.1. The molecule has 0 spiro atoms. The number of ether oxygens (including phenoxy) is 1. The zero-order chi connectivity index (χ0) is 20.2. The first-order valence-electron chi connectivity index (χ1n) is 9.66. The number of aryl methyl sites for hydroxylation is 2. The van der Waals surface area contributed by atoms with Crippen molar-refractivity contribution >= 4 is 0 Å². The standard InChI is InChI=1S/C22H23FN4O2/c1-26-8-7-17-10-16(2-3-18(17)14-26)6-9-27-22(28)11-21(13-25-27)29-15-20-5-4-19(23)12-24-20/h2-5,10-13H,6-9,14-15H2,1H3. The summed E-state index contributed by atoms with van der Waals surface area (Å²) >= 11 is 0. The van der Waals surface area contributed by atoms with Crippen LogP contribution in [0.25, 0.3) is 0 Å². The molecule has 0 saturated heterocycles. The quantitative estimate of drug-likeness (QED) is 0.643. The van der Waals surface area contributed by atoms with E-state index in [1.165, 1.54) is 39.7 Å². The van der Waals surface area contributed by atoms with Crippen molar-refractivity contribution in [1.82, 2.24) is 19.7 Å². The summed E-state index contributed by atoms with van der Waals surface area (Å²) in [6.07, 6.45) is 4.46. The third-order valence-electron chi connectivity index (χ3n) is 5.11. The van der Waals surface area contributed by atoms with E-state index in [1.807, 2.05) is 0 Å². The van der Waals surface area contributed by atoms with Gasteiger partial charge in [0.1, 0.15) is 18.2 Å². The first-order chi connectivity index (χ1) is 14.1. The number of halogens is 1. The molecule has 0 amide bonds. The Morgan fingerprint density at radius 2 is 2.03 bits per heavy atom. The SMILES string of the molecule is CN1CCc2cc(CCn3ncc(OCc4ccc(F)cn4)cc3=O)ccc2C1. The van der Waals surface area contributed by atoms with E-state index in [9.17, 15) is 9.18 Å². The lowest BCUT2D eigenvalue weighted by Crippen LogP contribution is -2.26. The Hall–Kier alpha value is -3.06. The Morgan fingerprint density at radius 3 is 2.83 bits per heavy atom. The summed E-state index contributed by atoms with van der Waals surface area (Å²) in [5.74, 6) is -0.0282. The fourth-order valence-electron chi connectivity index (χ4n) is 3.45. The van der Waals surface area contributed by atoms with Crippen LogP contribution in [0, 0.1) is 5.82 Å². The maximum atomic E-state index is 12.9. The molecule has 2 aromatic heterocycles. The molecule has 0 atom stereocenters. The second-order valence-corrected chi connectivity index (χ2v) is 7.35. The molecule has 0 aliphatic carbocycles. The fourth-order valence-corrected chi connectivity index (χ4v) is 3.45. The molecule has 0 N–H and O–H groups in total. The predicted octanol–water partition coefficient (Wildman–Crippen LogP) is 2.59. The molecule has 0 fully saturated rings. The van der Waals surface area contributed by atoms with Gasteiger partial charge in [0, 0.05) is 25.7 Å². The lowest BCUT2D eigenvalue weighted by molar-refractivity contribution is 0.297. The van der Waals surface area contributed by atoms with Gasteiger partial charge in [-0.05, 0) is 48.7 Å². The summed E-state index contributed by atoms with van der Waals surface area (Å²) in [7, 11) is 2.14. The van der Waals surface area contributed by atoms with Crippen molar-refractivity contribution in [2.75, 3.05) is 13.6 Å². The molecule has 0 unspecified atom stereocenters. The topological polar surface area (TPSA) is 60.3 Å². The van der Waals surface area contributed by atoms with E-state index in [1.54, 1.807) is 6.07 Å². The van der Waals surface area contributed by atoms with Crippen molar-refractivity contribution in [3.05, 3.63) is 87.3 Å². The van der Waals surface area contributed by atoms with Crippen LogP contribution < -0.4 is 10.3 Å². The molecule has 29 heavy (non-hydrogen) atoms. The van der Waals surface area contributed by atoms with Gasteiger partial charge in [0.25, 0.3) is 5.56 Å². The van der Waals surface area contributed by atoms with Gasteiger partial charge in [-0.1, -0.05) is 18.2 Å². The summed E-state index contributed by atoms with van der Waals surface area (Å²) in [6, 6.07) is 10.9. The van der Waals surface area contributed by atoms with Crippen LogP contribution in [0.15, 0.2) is 53.6 Å². The lowest BCUT2D eigenvalue weighted by atomic mass is 9.96. The van der Waals surface area contributed by atoms with Gasteiger partial charge in [-0.3, -0.25) is 9.78 Å². The van der Waals surface area contributed by atoms with Crippen molar-refractivity contribution in [2.24, 2.45) is 0 Å². The molecule has 4 rings (SSSR count). The Morgan fingerprint density at radius 1 is 1.14 bits per heavy atom. The largest absolute Gasteiger partial charge is 0.485 e. The highest BCUT2D eigenvalue weighted by molar-refractivity contribution is 5.34. The first kappa shape index (κ1) is 19.3. The number of aromatic nitrogens is 3. The fraction of sp³-hybridized carbons (Fsp3) is 0.318. The predicted molar refractivity (Wildman–Crippen MR) is 107 cm³/mol. The molecule has 6 nitrogen and oxygen atoms in total. The van der Waals surface area contributed by atoms with Crippen LogP contribution in [0.1, 0.15) is 22.4 Å². The van der Waals surface area contributed by atoms with Crippen LogP contribution in [0.3, 0.4) is 0 Å². The molecule has 3 aromatic rings. The summed E-state index contributed by atoms with van der Waals surface area (Å²) in [4.78, 5) is 18.6. The molecule has 0 saturated carbocycles. The molecule has 150 valence electrons. The van der Waals surface area contributed by atoms with E-state index in [-0.39, 0.29) is 12.2 Å². The third kappa shape index (κ3) is 4.86. The second kappa shape index (κ2) is 8.53. The second-order valence-electron chi connectivity index (χ2n) is 7.35. The van der Waals surface area contributed by atoms with E-state index < -0.39 is 5.82 Å². The highest BCUT2D eigenvalue weighted by Crippen LogP contribution is 2.20. The minimum atomic E-state index is -0.399. The van der Waals surface area contributed by atoms with Gasteiger partial charge in [-0.2, -0.15) is 5.10 Å². The molecule has 0 radical (unpaired) electrons. The zero-order valence-corrected chi connectivity index (χ0v) is 16.3. The van der Waals surface area contributed by atoms with Crippen molar-refractivity contribution in [1.29, 1.82) is 0 Å². The van der Waals surface area contributed by atoms with Crippen molar-refractivity contribution in [3.8, 4) is 5.75 Å². The van der Waals surface area contributed by atoms with Gasteiger partial charge in [-0.15, -0.1) is 0 Å². The van der Waals surface area contributed by atoms with Gasteiger partial charge in [-0.25, -0.2) is 9.07 Å². The minimum Gasteiger partial charge on any atom is -0.485 e. The van der Waals surface area contributed by atoms with E-state index in [2.05, 4.69) is 40.2 Å². The Kier molecular flexibility index (Phi) is 5.67. The van der Waals surface area contributed by atoms with Crippen LogP contribution in [0.5, 0.6) is 5.75 Å². The van der Waals surface area contributed by atoms with Gasteiger partial charge in [0.15, 0.2) is 0 Å². The molecule has 3 heterocycles. The summed E-state index contributed by atoms with van der Waals surface area (Å²) < 4.78 is 19.9. The minimum absolute atomic E-state index is 0.149. The molecule has 1 aliphatic heterocycles. The monoisotopic (exact) mass is 394 g/mol. The number of benzene rings is 1. The number of pyridine rings is 1. The van der Waals surface area contributed by atoms with Gasteiger partial charge >= 0.3 is 0 Å². The summed E-state index contributed by atoms with van der Waals surface area (Å²) in [5.41, 5.74) is 4.36. The van der Waals surface area contributed by atoms with Crippen LogP contribution in [0.4, 0.5) is 4.39 Å². The van der Waals surface area contributed by atoms with Crippen LogP contribution in [-0.4, -0.2) is 33.3 Å². The Balaban J connectivity index is 1.36. The number of rotatable bonds is 6. The molecular weight excluding hydrogens is 371 g/mol. The van der Waals surface area contributed by atoms with E-state index >= 15 is 0 Å². The number of fused-ring (bicyclic) bond motifs is 1. The molecule has 1 aliphatic rings. The maximum absolute atomic E-state index is 12.9.